The number of hydrogen-bond donors (Lipinski definition) is 0. The maximum Gasteiger partial charge on any atom is 0.253 e. The second-order valence-electron chi connectivity index (χ2n) is 9.80. The number of amides is 1. The summed E-state index contributed by atoms with van der Waals surface area (Å²) in [5, 5.41) is 1.68. The van der Waals surface area contributed by atoms with Gasteiger partial charge in [-0.05, 0) is 60.5 Å². The van der Waals surface area contributed by atoms with Crippen molar-refractivity contribution < 1.29 is 9.53 Å². The molecule has 0 unspecified atom stereocenters. The van der Waals surface area contributed by atoms with E-state index in [0.717, 1.165) is 45.8 Å². The molecule has 0 radical (unpaired) electrons. The second kappa shape index (κ2) is 11.4. The summed E-state index contributed by atoms with van der Waals surface area (Å²) in [6.45, 7) is 5.31. The number of ether oxygens (including phenoxy) is 1. The molecule has 202 valence electrons. The van der Waals surface area contributed by atoms with Crippen LogP contribution < -0.4 is 9.64 Å². The van der Waals surface area contributed by atoms with E-state index in [4.69, 9.17) is 26.3 Å². The van der Waals surface area contributed by atoms with E-state index in [1.165, 1.54) is 0 Å². The molecule has 1 saturated heterocycles. The molecule has 7 nitrogen and oxygen atoms in total. The van der Waals surface area contributed by atoms with Crippen molar-refractivity contribution in [2.75, 3.05) is 37.7 Å². The topological polar surface area (TPSA) is 63.5 Å². The van der Waals surface area contributed by atoms with E-state index < -0.39 is 0 Å². The lowest BCUT2D eigenvalue weighted by Crippen LogP contribution is -2.49. The Bertz CT molecular complexity index is 1610. The van der Waals surface area contributed by atoms with Gasteiger partial charge in [0.2, 0.25) is 0 Å². The largest absolute Gasteiger partial charge is 0.494 e. The standard InChI is InChI=1S/C32H30ClN5O2/c1-2-20-40-27-14-8-24(9-15-27)32(39)37-18-16-36(17-19-37)30-29-28(23-6-4-3-5-7-23)21-38(31(29)35-22-34-30)26-12-10-25(33)11-13-26/h3-15,21-22H,2,16-20H2,1H3. The Morgan fingerprint density at radius 1 is 0.900 bits per heavy atom. The van der Waals surface area contributed by atoms with E-state index in [-0.39, 0.29) is 5.91 Å². The molecule has 3 aromatic carbocycles. The fourth-order valence-corrected chi connectivity index (χ4v) is 5.26. The van der Waals surface area contributed by atoms with Crippen LogP contribution in [0.4, 0.5) is 5.82 Å². The monoisotopic (exact) mass is 551 g/mol. The molecule has 0 saturated carbocycles. The van der Waals surface area contributed by atoms with E-state index in [1.54, 1.807) is 6.33 Å². The molecule has 3 heterocycles. The molecular weight excluding hydrogens is 522 g/mol. The lowest BCUT2D eigenvalue weighted by atomic mass is 10.1. The first-order chi connectivity index (χ1) is 19.6. The highest BCUT2D eigenvalue weighted by atomic mass is 35.5. The fourth-order valence-electron chi connectivity index (χ4n) is 5.14. The third-order valence-electron chi connectivity index (χ3n) is 7.19. The zero-order valence-corrected chi connectivity index (χ0v) is 23.1. The highest BCUT2D eigenvalue weighted by Gasteiger charge is 2.26. The highest BCUT2D eigenvalue weighted by Crippen LogP contribution is 2.37. The molecule has 0 spiro atoms. The predicted molar refractivity (Wildman–Crippen MR) is 160 cm³/mol. The van der Waals surface area contributed by atoms with Crippen molar-refractivity contribution >= 4 is 34.4 Å². The average molecular weight is 552 g/mol. The first-order valence-electron chi connectivity index (χ1n) is 13.6. The van der Waals surface area contributed by atoms with E-state index in [9.17, 15) is 4.79 Å². The molecule has 2 aromatic heterocycles. The van der Waals surface area contributed by atoms with Crippen LogP contribution in [0.5, 0.6) is 5.75 Å². The summed E-state index contributed by atoms with van der Waals surface area (Å²) in [7, 11) is 0. The molecule has 1 aliphatic rings. The lowest BCUT2D eigenvalue weighted by Gasteiger charge is -2.35. The molecule has 5 aromatic rings. The summed E-state index contributed by atoms with van der Waals surface area (Å²) in [5.74, 6) is 1.70. The molecule has 1 amide bonds. The number of hydrogen-bond acceptors (Lipinski definition) is 5. The number of fused-ring (bicyclic) bond motifs is 1. The number of halogens is 1. The summed E-state index contributed by atoms with van der Waals surface area (Å²) >= 11 is 6.17. The Hall–Kier alpha value is -4.36. The van der Waals surface area contributed by atoms with Gasteiger partial charge in [-0.15, -0.1) is 0 Å². The second-order valence-corrected chi connectivity index (χ2v) is 10.2. The SMILES string of the molecule is CCCOc1ccc(C(=O)N2CCN(c3ncnc4c3c(-c3ccccc3)cn4-c3ccc(Cl)cc3)CC2)cc1. The van der Waals surface area contributed by atoms with E-state index in [0.29, 0.717) is 43.4 Å². The number of piperazine rings is 1. The van der Waals surface area contributed by atoms with Crippen LogP contribution in [0, 0.1) is 0 Å². The third-order valence-corrected chi connectivity index (χ3v) is 7.45. The van der Waals surface area contributed by atoms with Crippen LogP contribution in [0.3, 0.4) is 0 Å². The Kier molecular flexibility index (Phi) is 7.38. The van der Waals surface area contributed by atoms with E-state index >= 15 is 0 Å². The molecule has 1 aliphatic heterocycles. The quantitative estimate of drug-likeness (QED) is 0.231. The van der Waals surface area contributed by atoms with Gasteiger partial charge < -0.3 is 19.1 Å². The minimum absolute atomic E-state index is 0.0355. The summed E-state index contributed by atoms with van der Waals surface area (Å²) in [6, 6.07) is 25.5. The van der Waals surface area contributed by atoms with Crippen LogP contribution in [-0.4, -0.2) is 58.1 Å². The summed E-state index contributed by atoms with van der Waals surface area (Å²) < 4.78 is 7.75. The van der Waals surface area contributed by atoms with Gasteiger partial charge in [0, 0.05) is 54.2 Å². The van der Waals surface area contributed by atoms with Gasteiger partial charge in [0.1, 0.15) is 17.9 Å². The highest BCUT2D eigenvalue weighted by molar-refractivity contribution is 6.30. The van der Waals surface area contributed by atoms with Crippen LogP contribution in [0.15, 0.2) is 91.4 Å². The van der Waals surface area contributed by atoms with Crippen molar-refractivity contribution in [3.8, 4) is 22.6 Å². The van der Waals surface area contributed by atoms with Crippen molar-refractivity contribution in [3.05, 3.63) is 102 Å². The number of rotatable bonds is 7. The van der Waals surface area contributed by atoms with Gasteiger partial charge in [-0.1, -0.05) is 48.9 Å². The summed E-state index contributed by atoms with van der Waals surface area (Å²) in [5.41, 5.74) is 4.63. The van der Waals surface area contributed by atoms with E-state index in [2.05, 4.69) is 34.7 Å². The van der Waals surface area contributed by atoms with Gasteiger partial charge in [0.15, 0.2) is 5.65 Å². The van der Waals surface area contributed by atoms with Crippen molar-refractivity contribution in [2.45, 2.75) is 13.3 Å². The predicted octanol–water partition coefficient (Wildman–Crippen LogP) is 6.49. The summed E-state index contributed by atoms with van der Waals surface area (Å²) in [4.78, 5) is 26.9. The zero-order valence-electron chi connectivity index (χ0n) is 22.3. The minimum atomic E-state index is 0.0355. The molecule has 0 N–H and O–H groups in total. The van der Waals surface area contributed by atoms with Crippen molar-refractivity contribution in [1.29, 1.82) is 0 Å². The Morgan fingerprint density at radius 2 is 1.62 bits per heavy atom. The van der Waals surface area contributed by atoms with Gasteiger partial charge in [0.05, 0.1) is 12.0 Å². The molecule has 6 rings (SSSR count). The normalized spacial score (nSPS) is 13.6. The lowest BCUT2D eigenvalue weighted by molar-refractivity contribution is 0.0746. The molecular formula is C32H30ClN5O2. The molecule has 0 aliphatic carbocycles. The van der Waals surface area contributed by atoms with Gasteiger partial charge in [-0.2, -0.15) is 0 Å². The molecule has 40 heavy (non-hydrogen) atoms. The Labute approximate surface area is 238 Å². The fraction of sp³-hybridized carbons (Fsp3) is 0.219. The summed E-state index contributed by atoms with van der Waals surface area (Å²) in [6.07, 6.45) is 4.69. The Morgan fingerprint density at radius 3 is 2.33 bits per heavy atom. The molecule has 0 atom stereocenters. The van der Waals surface area contributed by atoms with Crippen molar-refractivity contribution in [2.24, 2.45) is 0 Å². The zero-order chi connectivity index (χ0) is 27.5. The number of carbonyl (C=O) groups is 1. The first kappa shape index (κ1) is 25.9. The average Bonchev–Trinajstić information content (AvgIpc) is 3.41. The molecule has 1 fully saturated rings. The van der Waals surface area contributed by atoms with Gasteiger partial charge in [-0.25, -0.2) is 9.97 Å². The maximum absolute atomic E-state index is 13.2. The maximum atomic E-state index is 13.2. The van der Waals surface area contributed by atoms with Crippen LogP contribution in [0.1, 0.15) is 23.7 Å². The Balaban J connectivity index is 1.29. The van der Waals surface area contributed by atoms with Crippen LogP contribution >= 0.6 is 11.6 Å². The number of carbonyl (C=O) groups excluding carboxylic acids is 1. The van der Waals surface area contributed by atoms with Crippen LogP contribution in [0.25, 0.3) is 27.8 Å². The first-order valence-corrected chi connectivity index (χ1v) is 13.9. The number of nitrogens with zero attached hydrogens (tertiary/aromatic N) is 5. The van der Waals surface area contributed by atoms with Gasteiger partial charge in [0.25, 0.3) is 5.91 Å². The van der Waals surface area contributed by atoms with Gasteiger partial charge >= 0.3 is 0 Å². The smallest absolute Gasteiger partial charge is 0.253 e. The molecule has 0 bridgehead atoms. The van der Waals surface area contributed by atoms with Gasteiger partial charge in [-0.3, -0.25) is 4.79 Å². The van der Waals surface area contributed by atoms with Crippen LogP contribution in [-0.2, 0) is 0 Å². The van der Waals surface area contributed by atoms with Crippen molar-refractivity contribution in [1.82, 2.24) is 19.4 Å². The minimum Gasteiger partial charge on any atom is -0.494 e. The number of anilines is 1. The molecule has 8 heteroatoms. The number of benzene rings is 3. The number of aromatic nitrogens is 3. The van der Waals surface area contributed by atoms with Crippen molar-refractivity contribution in [3.63, 3.8) is 0 Å². The third kappa shape index (κ3) is 5.12. The van der Waals surface area contributed by atoms with Crippen LogP contribution in [0.2, 0.25) is 5.02 Å². The van der Waals surface area contributed by atoms with E-state index in [1.807, 2.05) is 71.6 Å².